The van der Waals surface area contributed by atoms with E-state index in [-0.39, 0.29) is 15.8 Å². The Balaban J connectivity index is 2.08. The van der Waals surface area contributed by atoms with E-state index in [9.17, 15) is 4.79 Å². The summed E-state index contributed by atoms with van der Waals surface area (Å²) in [7, 11) is 0. The highest BCUT2D eigenvalue weighted by atomic mass is 35.5. The fourth-order valence-electron chi connectivity index (χ4n) is 1.47. The summed E-state index contributed by atoms with van der Waals surface area (Å²) < 4.78 is 0. The van der Waals surface area contributed by atoms with Gasteiger partial charge >= 0.3 is 0 Å². The van der Waals surface area contributed by atoms with E-state index < -0.39 is 5.91 Å². The number of amides is 1. The van der Waals surface area contributed by atoms with Crippen molar-refractivity contribution in [1.29, 1.82) is 0 Å². The summed E-state index contributed by atoms with van der Waals surface area (Å²) in [6, 6.07) is 8.41. The Morgan fingerprint density at radius 2 is 1.90 bits per heavy atom. The number of anilines is 1. The van der Waals surface area contributed by atoms with Crippen molar-refractivity contribution in [3.8, 4) is 0 Å². The molecule has 0 aliphatic heterocycles. The molecule has 1 heterocycles. The van der Waals surface area contributed by atoms with E-state index >= 15 is 0 Å². The number of nitrogens with one attached hydrogen (secondary N) is 2. The molecule has 1 aromatic heterocycles. The molecule has 4 nitrogen and oxygen atoms in total. The smallest absolute Gasteiger partial charge is 0.260 e. The van der Waals surface area contributed by atoms with Gasteiger partial charge in [-0.1, -0.05) is 46.9 Å². The molecule has 0 bridgehead atoms. The third-order valence-corrected chi connectivity index (χ3v) is 3.44. The zero-order valence-electron chi connectivity index (χ0n) is 10.4. The number of carbonyl (C=O) groups is 1. The zero-order chi connectivity index (χ0) is 15.4. The first kappa shape index (κ1) is 16.0. The summed E-state index contributed by atoms with van der Waals surface area (Å²) in [5, 5.41) is 6.21. The first-order valence-electron chi connectivity index (χ1n) is 5.65. The number of thiocarbonyl (C=S) groups is 1. The van der Waals surface area contributed by atoms with Crippen LogP contribution >= 0.6 is 47.0 Å². The van der Waals surface area contributed by atoms with Crippen LogP contribution in [0.3, 0.4) is 0 Å². The topological polar surface area (TPSA) is 54.0 Å². The number of hydrogen-bond acceptors (Lipinski definition) is 3. The minimum atomic E-state index is -0.514. The van der Waals surface area contributed by atoms with Crippen LogP contribution in [-0.4, -0.2) is 16.0 Å². The van der Waals surface area contributed by atoms with Crippen LogP contribution in [0.1, 0.15) is 10.4 Å². The fraction of sp³-hybridized carbons (Fsp3) is 0. The second-order valence-electron chi connectivity index (χ2n) is 3.88. The third kappa shape index (κ3) is 4.28. The molecule has 2 aromatic rings. The summed E-state index contributed by atoms with van der Waals surface area (Å²) in [6.45, 7) is 0. The molecule has 108 valence electrons. The van der Waals surface area contributed by atoms with Gasteiger partial charge in [-0.3, -0.25) is 10.1 Å². The summed E-state index contributed by atoms with van der Waals surface area (Å²) >= 11 is 22.7. The third-order valence-electron chi connectivity index (χ3n) is 2.40. The SMILES string of the molecule is O=C(NC(=S)Nc1ccccc1Cl)c1cc(Cl)cnc1Cl. The molecule has 1 aromatic carbocycles. The molecular weight excluding hydrogens is 353 g/mol. The normalized spacial score (nSPS) is 10.0. The van der Waals surface area contributed by atoms with Gasteiger partial charge in [0.2, 0.25) is 0 Å². The van der Waals surface area contributed by atoms with E-state index in [1.807, 2.05) is 0 Å². The van der Waals surface area contributed by atoms with Crippen molar-refractivity contribution >= 4 is 63.7 Å². The van der Waals surface area contributed by atoms with Crippen molar-refractivity contribution in [3.63, 3.8) is 0 Å². The van der Waals surface area contributed by atoms with Crippen LogP contribution in [0.2, 0.25) is 15.2 Å². The molecule has 21 heavy (non-hydrogen) atoms. The molecule has 0 fully saturated rings. The largest absolute Gasteiger partial charge is 0.331 e. The monoisotopic (exact) mass is 359 g/mol. The van der Waals surface area contributed by atoms with Crippen LogP contribution < -0.4 is 10.6 Å². The van der Waals surface area contributed by atoms with E-state index in [1.54, 1.807) is 24.3 Å². The number of rotatable bonds is 2. The molecule has 0 saturated heterocycles. The molecule has 0 unspecified atom stereocenters. The average Bonchev–Trinajstić information content (AvgIpc) is 2.44. The Morgan fingerprint density at radius 3 is 2.62 bits per heavy atom. The first-order chi connectivity index (χ1) is 9.97. The second kappa shape index (κ2) is 7.04. The standard InChI is InChI=1S/C13H8Cl3N3OS/c14-7-5-8(11(16)17-6-7)12(20)19-13(21)18-10-4-2-1-3-9(10)15/h1-6H,(H2,18,19,20,21). The summed E-state index contributed by atoms with van der Waals surface area (Å²) in [4.78, 5) is 15.8. The molecule has 0 spiro atoms. The molecule has 8 heteroatoms. The van der Waals surface area contributed by atoms with Crippen molar-refractivity contribution in [2.24, 2.45) is 0 Å². The number of aromatic nitrogens is 1. The Kier molecular flexibility index (Phi) is 5.36. The lowest BCUT2D eigenvalue weighted by Gasteiger charge is -2.11. The zero-order valence-corrected chi connectivity index (χ0v) is 13.4. The predicted molar refractivity (Wildman–Crippen MR) is 89.4 cm³/mol. The number of benzene rings is 1. The Hall–Kier alpha value is -1.40. The van der Waals surface area contributed by atoms with Gasteiger partial charge in [0.25, 0.3) is 5.91 Å². The van der Waals surface area contributed by atoms with Gasteiger partial charge in [0.15, 0.2) is 5.11 Å². The van der Waals surface area contributed by atoms with Crippen LogP contribution in [0.15, 0.2) is 36.5 Å². The quantitative estimate of drug-likeness (QED) is 0.623. The van der Waals surface area contributed by atoms with Gasteiger partial charge < -0.3 is 5.32 Å². The highest BCUT2D eigenvalue weighted by Gasteiger charge is 2.14. The Morgan fingerprint density at radius 1 is 1.19 bits per heavy atom. The molecule has 0 saturated carbocycles. The van der Waals surface area contributed by atoms with Crippen molar-refractivity contribution in [1.82, 2.24) is 10.3 Å². The van der Waals surface area contributed by atoms with Crippen molar-refractivity contribution in [2.45, 2.75) is 0 Å². The molecule has 0 aliphatic rings. The van der Waals surface area contributed by atoms with Gasteiger partial charge in [0, 0.05) is 6.20 Å². The second-order valence-corrected chi connectivity index (χ2v) is 5.49. The molecule has 2 N–H and O–H groups in total. The van der Waals surface area contributed by atoms with Gasteiger partial charge in [0.1, 0.15) is 5.15 Å². The van der Waals surface area contributed by atoms with Crippen molar-refractivity contribution < 1.29 is 4.79 Å². The summed E-state index contributed by atoms with van der Waals surface area (Å²) in [6.07, 6.45) is 1.35. The summed E-state index contributed by atoms with van der Waals surface area (Å²) in [5.41, 5.74) is 0.715. The highest BCUT2D eigenvalue weighted by molar-refractivity contribution is 7.80. The Labute approximate surface area is 141 Å². The van der Waals surface area contributed by atoms with E-state index in [2.05, 4.69) is 15.6 Å². The maximum Gasteiger partial charge on any atom is 0.260 e. The average molecular weight is 361 g/mol. The van der Waals surface area contributed by atoms with Gasteiger partial charge in [0.05, 0.1) is 21.3 Å². The molecule has 1 amide bonds. The maximum absolute atomic E-state index is 12.0. The number of pyridine rings is 1. The highest BCUT2D eigenvalue weighted by Crippen LogP contribution is 2.20. The van der Waals surface area contributed by atoms with Crippen LogP contribution in [0.5, 0.6) is 0 Å². The first-order valence-corrected chi connectivity index (χ1v) is 7.19. The lowest BCUT2D eigenvalue weighted by molar-refractivity contribution is 0.0977. The van der Waals surface area contributed by atoms with Gasteiger partial charge in [-0.05, 0) is 30.4 Å². The van der Waals surface area contributed by atoms with Crippen LogP contribution in [0, 0.1) is 0 Å². The molecular formula is C13H8Cl3N3OS. The van der Waals surface area contributed by atoms with Crippen LogP contribution in [0.25, 0.3) is 0 Å². The predicted octanol–water partition coefficient (Wildman–Crippen LogP) is 4.17. The van der Waals surface area contributed by atoms with Crippen molar-refractivity contribution in [3.05, 3.63) is 57.3 Å². The van der Waals surface area contributed by atoms with E-state index in [0.29, 0.717) is 15.7 Å². The number of halogens is 3. The minimum absolute atomic E-state index is 0.0393. The van der Waals surface area contributed by atoms with Gasteiger partial charge in [-0.2, -0.15) is 0 Å². The van der Waals surface area contributed by atoms with Gasteiger partial charge in [-0.25, -0.2) is 4.98 Å². The van der Waals surface area contributed by atoms with Crippen LogP contribution in [0.4, 0.5) is 5.69 Å². The Bertz CT molecular complexity index is 709. The maximum atomic E-state index is 12.0. The molecule has 0 radical (unpaired) electrons. The minimum Gasteiger partial charge on any atom is -0.331 e. The fourth-order valence-corrected chi connectivity index (χ4v) is 2.20. The molecule has 0 aliphatic carbocycles. The van der Waals surface area contributed by atoms with E-state index in [1.165, 1.54) is 12.3 Å². The van der Waals surface area contributed by atoms with Gasteiger partial charge in [-0.15, -0.1) is 0 Å². The van der Waals surface area contributed by atoms with E-state index in [4.69, 9.17) is 47.0 Å². The number of carbonyl (C=O) groups excluding carboxylic acids is 1. The molecule has 0 atom stereocenters. The van der Waals surface area contributed by atoms with Crippen molar-refractivity contribution in [2.75, 3.05) is 5.32 Å². The lowest BCUT2D eigenvalue weighted by atomic mass is 10.2. The molecule has 2 rings (SSSR count). The lowest BCUT2D eigenvalue weighted by Crippen LogP contribution is -2.34. The van der Waals surface area contributed by atoms with Crippen LogP contribution in [-0.2, 0) is 0 Å². The number of para-hydroxylation sites is 1. The number of hydrogen-bond donors (Lipinski definition) is 2. The number of nitrogens with zero attached hydrogens (tertiary/aromatic N) is 1. The summed E-state index contributed by atoms with van der Waals surface area (Å²) in [5.74, 6) is -0.514. The van der Waals surface area contributed by atoms with E-state index in [0.717, 1.165) is 0 Å².